The topological polar surface area (TPSA) is 56.8 Å². The molecule has 0 aromatic heterocycles. The standard InChI is InChI=1S/C10H21NO4Si/c1-9(2)10(12)11-7-6-8-16(13-3,14-4)15-5/h1,6-8H2,2-5H3,(H,11,12). The van der Waals surface area contributed by atoms with E-state index in [-0.39, 0.29) is 5.91 Å². The minimum atomic E-state index is -2.49. The molecule has 0 fully saturated rings. The lowest BCUT2D eigenvalue weighted by molar-refractivity contribution is -0.117. The van der Waals surface area contributed by atoms with Crippen LogP contribution in [0.4, 0.5) is 0 Å². The summed E-state index contributed by atoms with van der Waals surface area (Å²) in [4.78, 5) is 11.2. The molecular formula is C10H21NO4Si. The Kier molecular flexibility index (Phi) is 7.23. The molecular weight excluding hydrogens is 226 g/mol. The van der Waals surface area contributed by atoms with Crippen molar-refractivity contribution in [3.63, 3.8) is 0 Å². The second-order valence-corrected chi connectivity index (χ2v) is 6.53. The predicted octanol–water partition coefficient (Wildman–Crippen LogP) is 0.947. The number of carbonyl (C=O) groups is 1. The first kappa shape index (κ1) is 15.3. The number of hydrogen-bond acceptors (Lipinski definition) is 4. The van der Waals surface area contributed by atoms with Crippen molar-refractivity contribution < 1.29 is 18.1 Å². The molecule has 5 nitrogen and oxygen atoms in total. The Morgan fingerprint density at radius 3 is 2.12 bits per heavy atom. The summed E-state index contributed by atoms with van der Waals surface area (Å²) in [5.41, 5.74) is 0.508. The van der Waals surface area contributed by atoms with Crippen LogP contribution in [0.5, 0.6) is 0 Å². The first-order valence-corrected chi connectivity index (χ1v) is 7.03. The highest BCUT2D eigenvalue weighted by atomic mass is 28.4. The van der Waals surface area contributed by atoms with Gasteiger partial charge in [0.15, 0.2) is 0 Å². The van der Waals surface area contributed by atoms with E-state index in [2.05, 4.69) is 11.9 Å². The summed E-state index contributed by atoms with van der Waals surface area (Å²) in [6.07, 6.45) is 0.751. The number of amides is 1. The van der Waals surface area contributed by atoms with E-state index in [1.807, 2.05) is 0 Å². The smallest absolute Gasteiger partial charge is 0.377 e. The summed E-state index contributed by atoms with van der Waals surface area (Å²) in [7, 11) is 2.23. The zero-order valence-corrected chi connectivity index (χ0v) is 11.5. The van der Waals surface area contributed by atoms with Crippen LogP contribution in [0.15, 0.2) is 12.2 Å². The van der Waals surface area contributed by atoms with Crippen molar-refractivity contribution in [2.75, 3.05) is 27.9 Å². The third kappa shape index (κ3) is 4.89. The summed E-state index contributed by atoms with van der Waals surface area (Å²) < 4.78 is 15.8. The predicted molar refractivity (Wildman–Crippen MR) is 64.0 cm³/mol. The molecule has 0 aromatic carbocycles. The van der Waals surface area contributed by atoms with Gasteiger partial charge in [-0.05, 0) is 13.3 Å². The van der Waals surface area contributed by atoms with Crippen molar-refractivity contribution in [3.8, 4) is 0 Å². The quantitative estimate of drug-likeness (QED) is 0.394. The highest BCUT2D eigenvalue weighted by Crippen LogP contribution is 2.14. The number of nitrogens with one attached hydrogen (secondary N) is 1. The molecule has 0 spiro atoms. The highest BCUT2D eigenvalue weighted by Gasteiger charge is 2.36. The third-order valence-corrected chi connectivity index (χ3v) is 5.10. The summed E-state index contributed by atoms with van der Waals surface area (Å²) in [6, 6.07) is 0.674. The zero-order valence-electron chi connectivity index (χ0n) is 10.5. The average molecular weight is 247 g/mol. The first-order valence-electron chi connectivity index (χ1n) is 5.10. The molecule has 1 amide bonds. The van der Waals surface area contributed by atoms with Gasteiger partial charge in [-0.1, -0.05) is 6.58 Å². The fraction of sp³-hybridized carbons (Fsp3) is 0.700. The van der Waals surface area contributed by atoms with Gasteiger partial charge < -0.3 is 18.6 Å². The zero-order chi connectivity index (χ0) is 12.6. The van der Waals surface area contributed by atoms with Gasteiger partial charge in [-0.25, -0.2) is 0 Å². The molecule has 0 radical (unpaired) electrons. The second kappa shape index (κ2) is 7.56. The SMILES string of the molecule is C=C(C)C(=O)NCCC[Si](OC)(OC)OC. The lowest BCUT2D eigenvalue weighted by Crippen LogP contribution is -2.43. The molecule has 0 bridgehead atoms. The maximum Gasteiger partial charge on any atom is 0.500 e. The van der Waals surface area contributed by atoms with Crippen LogP contribution < -0.4 is 5.32 Å². The highest BCUT2D eigenvalue weighted by molar-refractivity contribution is 6.60. The molecule has 0 rings (SSSR count). The van der Waals surface area contributed by atoms with Gasteiger partial charge in [-0.3, -0.25) is 4.79 Å². The van der Waals surface area contributed by atoms with Crippen molar-refractivity contribution in [3.05, 3.63) is 12.2 Å². The van der Waals surface area contributed by atoms with Crippen molar-refractivity contribution >= 4 is 14.7 Å². The van der Waals surface area contributed by atoms with E-state index in [4.69, 9.17) is 13.3 Å². The molecule has 0 aliphatic heterocycles. The van der Waals surface area contributed by atoms with Crippen molar-refractivity contribution in [1.82, 2.24) is 5.32 Å². The molecule has 16 heavy (non-hydrogen) atoms. The summed E-state index contributed by atoms with van der Waals surface area (Å²) in [5, 5.41) is 2.74. The molecule has 0 atom stereocenters. The lowest BCUT2D eigenvalue weighted by atomic mass is 10.3. The summed E-state index contributed by atoms with van der Waals surface area (Å²) in [6.45, 7) is 5.79. The van der Waals surface area contributed by atoms with Gasteiger partial charge in [-0.2, -0.15) is 0 Å². The van der Waals surface area contributed by atoms with Crippen molar-refractivity contribution in [1.29, 1.82) is 0 Å². The van der Waals surface area contributed by atoms with Crippen LogP contribution in [0, 0.1) is 0 Å². The van der Waals surface area contributed by atoms with Gasteiger partial charge >= 0.3 is 8.80 Å². The fourth-order valence-electron chi connectivity index (χ4n) is 1.21. The minimum Gasteiger partial charge on any atom is -0.377 e. The van der Waals surface area contributed by atoms with Gasteiger partial charge in [0, 0.05) is 39.5 Å². The van der Waals surface area contributed by atoms with Crippen LogP contribution in [-0.4, -0.2) is 42.6 Å². The van der Waals surface area contributed by atoms with Crippen LogP contribution in [0.1, 0.15) is 13.3 Å². The normalized spacial score (nSPS) is 11.2. The van der Waals surface area contributed by atoms with Gasteiger partial charge in [0.2, 0.25) is 5.91 Å². The van der Waals surface area contributed by atoms with Crippen LogP contribution in [0.2, 0.25) is 6.04 Å². The second-order valence-electron chi connectivity index (χ2n) is 3.44. The van der Waals surface area contributed by atoms with E-state index < -0.39 is 8.80 Å². The van der Waals surface area contributed by atoms with Gasteiger partial charge in [-0.15, -0.1) is 0 Å². The minimum absolute atomic E-state index is 0.125. The molecule has 94 valence electrons. The van der Waals surface area contributed by atoms with E-state index >= 15 is 0 Å². The molecule has 0 saturated heterocycles. The Labute approximate surface area is 98.1 Å². The van der Waals surface area contributed by atoms with Gasteiger partial charge in [0.25, 0.3) is 0 Å². The molecule has 0 saturated carbocycles. The molecule has 6 heteroatoms. The van der Waals surface area contributed by atoms with Crippen LogP contribution in [-0.2, 0) is 18.1 Å². The lowest BCUT2D eigenvalue weighted by Gasteiger charge is -2.24. The average Bonchev–Trinajstić information content (AvgIpc) is 2.30. The van der Waals surface area contributed by atoms with E-state index in [0.29, 0.717) is 18.2 Å². The monoisotopic (exact) mass is 247 g/mol. The summed E-state index contributed by atoms with van der Waals surface area (Å²) in [5.74, 6) is -0.125. The Hall–Kier alpha value is -0.693. The van der Waals surface area contributed by atoms with E-state index in [1.165, 1.54) is 0 Å². The third-order valence-electron chi connectivity index (χ3n) is 2.27. The van der Waals surface area contributed by atoms with Gasteiger partial charge in [0.05, 0.1) is 0 Å². The number of carbonyl (C=O) groups excluding carboxylic acids is 1. The molecule has 0 aliphatic rings. The Morgan fingerprint density at radius 1 is 1.25 bits per heavy atom. The maximum atomic E-state index is 11.2. The van der Waals surface area contributed by atoms with Crippen LogP contribution >= 0.6 is 0 Å². The van der Waals surface area contributed by atoms with E-state index in [1.54, 1.807) is 28.3 Å². The number of hydrogen-bond donors (Lipinski definition) is 1. The van der Waals surface area contributed by atoms with Crippen LogP contribution in [0.25, 0.3) is 0 Å². The Morgan fingerprint density at radius 2 is 1.75 bits per heavy atom. The van der Waals surface area contributed by atoms with Crippen LogP contribution in [0.3, 0.4) is 0 Å². The molecule has 0 aliphatic carbocycles. The first-order chi connectivity index (χ1) is 7.51. The van der Waals surface area contributed by atoms with Crippen molar-refractivity contribution in [2.24, 2.45) is 0 Å². The summed E-state index contributed by atoms with van der Waals surface area (Å²) >= 11 is 0. The number of rotatable bonds is 8. The molecule has 1 N–H and O–H groups in total. The molecule has 0 aromatic rings. The maximum absolute atomic E-state index is 11.2. The largest absolute Gasteiger partial charge is 0.500 e. The van der Waals surface area contributed by atoms with Crippen molar-refractivity contribution in [2.45, 2.75) is 19.4 Å². The van der Waals surface area contributed by atoms with E-state index in [0.717, 1.165) is 6.42 Å². The molecule has 0 unspecified atom stereocenters. The molecule has 0 heterocycles. The van der Waals surface area contributed by atoms with Gasteiger partial charge in [0.1, 0.15) is 0 Å². The Bertz CT molecular complexity index is 233. The fourth-order valence-corrected chi connectivity index (χ4v) is 2.94. The Balaban J connectivity index is 3.88. The van der Waals surface area contributed by atoms with E-state index in [9.17, 15) is 4.79 Å².